The van der Waals surface area contributed by atoms with Gasteiger partial charge >= 0.3 is 0 Å². The summed E-state index contributed by atoms with van der Waals surface area (Å²) in [6.07, 6.45) is 0. The largest absolute Gasteiger partial charge is 0.353 e. The molecule has 2 amide bonds. The fourth-order valence-electron chi connectivity index (χ4n) is 1.09. The van der Waals surface area contributed by atoms with Gasteiger partial charge in [-0.2, -0.15) is 0 Å². The molecule has 0 aliphatic carbocycles. The Morgan fingerprint density at radius 3 is 2.76 bits per heavy atom. The molecule has 0 fully saturated rings. The Hall–Kier alpha value is -1.11. The molecule has 0 aromatic carbocycles. The number of nitrogens with one attached hydrogen (secondary N) is 2. The van der Waals surface area contributed by atoms with Crippen molar-refractivity contribution >= 4 is 35.6 Å². The Morgan fingerprint density at radius 2 is 2.24 bits per heavy atom. The van der Waals surface area contributed by atoms with Gasteiger partial charge < -0.3 is 16.4 Å². The maximum atomic E-state index is 11.6. The molecule has 1 unspecified atom stereocenters. The van der Waals surface area contributed by atoms with Crippen molar-refractivity contribution in [1.29, 1.82) is 0 Å². The molecule has 1 rings (SSSR count). The zero-order valence-electron chi connectivity index (χ0n) is 9.43. The van der Waals surface area contributed by atoms with Crippen molar-refractivity contribution in [3.63, 3.8) is 0 Å². The average molecular weight is 278 g/mol. The second-order valence-corrected chi connectivity index (χ2v) is 4.20. The molecule has 1 aromatic heterocycles. The maximum Gasteiger partial charge on any atom is 0.261 e. The van der Waals surface area contributed by atoms with Gasteiger partial charge in [-0.15, -0.1) is 23.7 Å². The van der Waals surface area contributed by atoms with E-state index in [9.17, 15) is 9.59 Å². The SMILES string of the molecule is CC(NC(=O)c1cccs1)C(=O)NCCN.Cl. The summed E-state index contributed by atoms with van der Waals surface area (Å²) in [5.74, 6) is -0.458. The summed E-state index contributed by atoms with van der Waals surface area (Å²) in [6.45, 7) is 2.44. The van der Waals surface area contributed by atoms with Crippen LogP contribution in [0.3, 0.4) is 0 Å². The van der Waals surface area contributed by atoms with Crippen LogP contribution in [0.5, 0.6) is 0 Å². The zero-order valence-corrected chi connectivity index (χ0v) is 11.1. The van der Waals surface area contributed by atoms with Crippen molar-refractivity contribution in [2.75, 3.05) is 13.1 Å². The highest BCUT2D eigenvalue weighted by Gasteiger charge is 2.16. The topological polar surface area (TPSA) is 84.2 Å². The number of hydrogen-bond donors (Lipinski definition) is 3. The molecule has 96 valence electrons. The Bertz CT molecular complexity index is 356. The fourth-order valence-corrected chi connectivity index (χ4v) is 1.72. The van der Waals surface area contributed by atoms with Gasteiger partial charge in [-0.3, -0.25) is 9.59 Å². The second-order valence-electron chi connectivity index (χ2n) is 3.25. The summed E-state index contributed by atoms with van der Waals surface area (Å²) >= 11 is 1.34. The maximum absolute atomic E-state index is 11.6. The number of amides is 2. The van der Waals surface area contributed by atoms with Gasteiger partial charge in [0.25, 0.3) is 5.91 Å². The summed E-state index contributed by atoms with van der Waals surface area (Å²) < 4.78 is 0. The van der Waals surface area contributed by atoms with Gasteiger partial charge in [0.1, 0.15) is 6.04 Å². The minimum atomic E-state index is -0.554. The molecule has 0 aliphatic rings. The predicted molar refractivity (Wildman–Crippen MR) is 70.6 cm³/mol. The van der Waals surface area contributed by atoms with Crippen LogP contribution in [0, 0.1) is 0 Å². The Morgan fingerprint density at radius 1 is 1.53 bits per heavy atom. The molecule has 0 spiro atoms. The van der Waals surface area contributed by atoms with Gasteiger partial charge in [0.05, 0.1) is 4.88 Å². The lowest BCUT2D eigenvalue weighted by molar-refractivity contribution is -0.122. The number of carbonyl (C=O) groups is 2. The predicted octanol–water partition coefficient (Wildman–Crippen LogP) is 0.363. The Balaban J connectivity index is 0.00000256. The quantitative estimate of drug-likeness (QED) is 0.727. The lowest BCUT2D eigenvalue weighted by atomic mass is 10.3. The number of nitrogens with two attached hydrogens (primary N) is 1. The van der Waals surface area contributed by atoms with Gasteiger partial charge in [0.2, 0.25) is 5.91 Å². The van der Waals surface area contributed by atoms with E-state index in [-0.39, 0.29) is 24.2 Å². The van der Waals surface area contributed by atoms with E-state index >= 15 is 0 Å². The van der Waals surface area contributed by atoms with E-state index < -0.39 is 6.04 Å². The molecule has 0 aliphatic heterocycles. The molecule has 1 aromatic rings. The van der Waals surface area contributed by atoms with E-state index in [0.29, 0.717) is 18.0 Å². The van der Waals surface area contributed by atoms with Crippen LogP contribution in [0.15, 0.2) is 17.5 Å². The van der Waals surface area contributed by atoms with Crippen LogP contribution >= 0.6 is 23.7 Å². The van der Waals surface area contributed by atoms with Crippen LogP contribution in [0.2, 0.25) is 0 Å². The standard InChI is InChI=1S/C10H15N3O2S.ClH/c1-7(9(14)12-5-4-11)13-10(15)8-3-2-6-16-8;/h2-3,6-7H,4-5,11H2,1H3,(H,12,14)(H,13,15);1H. The van der Waals surface area contributed by atoms with E-state index in [0.717, 1.165) is 0 Å². The summed E-state index contributed by atoms with van der Waals surface area (Å²) in [5.41, 5.74) is 5.25. The average Bonchev–Trinajstić information content (AvgIpc) is 2.79. The Labute approximate surface area is 110 Å². The first-order chi connectivity index (χ1) is 7.65. The van der Waals surface area contributed by atoms with Gasteiger partial charge in [-0.25, -0.2) is 0 Å². The molecule has 17 heavy (non-hydrogen) atoms. The van der Waals surface area contributed by atoms with Crippen LogP contribution in [0.25, 0.3) is 0 Å². The van der Waals surface area contributed by atoms with E-state index in [1.54, 1.807) is 19.1 Å². The van der Waals surface area contributed by atoms with Gasteiger partial charge in [-0.05, 0) is 18.4 Å². The van der Waals surface area contributed by atoms with Crippen molar-refractivity contribution in [3.8, 4) is 0 Å². The number of rotatable bonds is 5. The monoisotopic (exact) mass is 277 g/mol. The van der Waals surface area contributed by atoms with Crippen LogP contribution in [-0.4, -0.2) is 30.9 Å². The van der Waals surface area contributed by atoms with Crippen molar-refractivity contribution in [1.82, 2.24) is 10.6 Å². The molecule has 1 atom stereocenters. The first kappa shape index (κ1) is 15.9. The van der Waals surface area contributed by atoms with E-state index in [2.05, 4.69) is 10.6 Å². The molecule has 0 saturated heterocycles. The third-order valence-corrected chi connectivity index (χ3v) is 2.80. The Kier molecular flexibility index (Phi) is 7.53. The third-order valence-electron chi connectivity index (χ3n) is 1.93. The lowest BCUT2D eigenvalue weighted by Crippen LogP contribution is -2.45. The molecule has 0 radical (unpaired) electrons. The molecule has 7 heteroatoms. The molecule has 0 saturated carbocycles. The summed E-state index contributed by atoms with van der Waals surface area (Å²) in [6, 6.07) is 2.95. The van der Waals surface area contributed by atoms with Gasteiger partial charge in [-0.1, -0.05) is 6.07 Å². The van der Waals surface area contributed by atoms with Crippen molar-refractivity contribution in [3.05, 3.63) is 22.4 Å². The summed E-state index contributed by atoms with van der Waals surface area (Å²) in [4.78, 5) is 23.6. The van der Waals surface area contributed by atoms with E-state index in [1.165, 1.54) is 11.3 Å². The van der Waals surface area contributed by atoms with Gasteiger partial charge in [0.15, 0.2) is 0 Å². The third kappa shape index (κ3) is 5.16. The lowest BCUT2D eigenvalue weighted by Gasteiger charge is -2.12. The minimum Gasteiger partial charge on any atom is -0.353 e. The van der Waals surface area contributed by atoms with Crippen molar-refractivity contribution in [2.24, 2.45) is 5.73 Å². The highest BCUT2D eigenvalue weighted by molar-refractivity contribution is 7.12. The first-order valence-corrected chi connectivity index (χ1v) is 5.85. The normalized spacial score (nSPS) is 11.2. The zero-order chi connectivity index (χ0) is 12.0. The van der Waals surface area contributed by atoms with Crippen LogP contribution in [0.1, 0.15) is 16.6 Å². The minimum absolute atomic E-state index is 0. The smallest absolute Gasteiger partial charge is 0.261 e. The fraction of sp³-hybridized carbons (Fsp3) is 0.400. The molecule has 1 heterocycles. The van der Waals surface area contributed by atoms with Crippen LogP contribution < -0.4 is 16.4 Å². The van der Waals surface area contributed by atoms with E-state index in [1.807, 2.05) is 5.38 Å². The summed E-state index contributed by atoms with van der Waals surface area (Å²) in [7, 11) is 0. The number of thiophene rings is 1. The van der Waals surface area contributed by atoms with E-state index in [4.69, 9.17) is 5.73 Å². The summed E-state index contributed by atoms with van der Waals surface area (Å²) in [5, 5.41) is 7.03. The first-order valence-electron chi connectivity index (χ1n) is 4.97. The second kappa shape index (κ2) is 8.05. The molecular weight excluding hydrogens is 262 g/mol. The highest BCUT2D eigenvalue weighted by atomic mass is 35.5. The number of carbonyl (C=O) groups excluding carboxylic acids is 2. The number of halogens is 1. The number of hydrogen-bond acceptors (Lipinski definition) is 4. The highest BCUT2D eigenvalue weighted by Crippen LogP contribution is 2.07. The molecule has 0 bridgehead atoms. The van der Waals surface area contributed by atoms with Crippen molar-refractivity contribution < 1.29 is 9.59 Å². The van der Waals surface area contributed by atoms with Crippen molar-refractivity contribution in [2.45, 2.75) is 13.0 Å². The van der Waals surface area contributed by atoms with Crippen LogP contribution in [-0.2, 0) is 4.79 Å². The van der Waals surface area contributed by atoms with Gasteiger partial charge in [0, 0.05) is 13.1 Å². The molecule has 4 N–H and O–H groups in total. The molecular formula is C10H16ClN3O2S. The van der Waals surface area contributed by atoms with Crippen LogP contribution in [0.4, 0.5) is 0 Å². The molecule has 5 nitrogen and oxygen atoms in total.